The summed E-state index contributed by atoms with van der Waals surface area (Å²) in [5.74, 6) is 0.605. The summed E-state index contributed by atoms with van der Waals surface area (Å²) in [6.45, 7) is 0.487. The molecule has 7 heteroatoms. The fraction of sp³-hybridized carbons (Fsp3) is 0.143. The molecule has 1 N–H and O–H groups in total. The molecular formula is C14H12Cl2N2O3. The van der Waals surface area contributed by atoms with Gasteiger partial charge in [0.1, 0.15) is 5.75 Å². The van der Waals surface area contributed by atoms with Crippen LogP contribution in [-0.4, -0.2) is 12.0 Å². The highest BCUT2D eigenvalue weighted by molar-refractivity contribution is 6.33. The summed E-state index contributed by atoms with van der Waals surface area (Å²) in [5.41, 5.74) is 1.52. The third kappa shape index (κ3) is 3.77. The van der Waals surface area contributed by atoms with Gasteiger partial charge in [-0.25, -0.2) is 0 Å². The Bertz CT molecular complexity index is 677. The number of non-ortho nitro benzene ring substituents is 1. The molecule has 0 atom stereocenters. The zero-order chi connectivity index (χ0) is 15.4. The Morgan fingerprint density at radius 2 is 1.95 bits per heavy atom. The van der Waals surface area contributed by atoms with E-state index in [1.165, 1.54) is 12.1 Å². The quantitative estimate of drug-likeness (QED) is 0.648. The lowest BCUT2D eigenvalue weighted by Gasteiger charge is -2.10. The molecule has 0 bridgehead atoms. The predicted octanol–water partition coefficient (Wildman–Crippen LogP) is 4.52. The Hall–Kier alpha value is -1.98. The van der Waals surface area contributed by atoms with E-state index in [0.29, 0.717) is 28.0 Å². The van der Waals surface area contributed by atoms with Crippen molar-refractivity contribution in [2.75, 3.05) is 12.4 Å². The highest BCUT2D eigenvalue weighted by Gasteiger charge is 2.09. The number of ether oxygens (including phenoxy) is 1. The van der Waals surface area contributed by atoms with Crippen molar-refractivity contribution in [2.24, 2.45) is 0 Å². The summed E-state index contributed by atoms with van der Waals surface area (Å²) >= 11 is 12.0. The molecule has 2 rings (SSSR count). The van der Waals surface area contributed by atoms with E-state index in [-0.39, 0.29) is 5.69 Å². The van der Waals surface area contributed by atoms with Gasteiger partial charge in [0, 0.05) is 18.7 Å². The molecule has 0 aliphatic carbocycles. The van der Waals surface area contributed by atoms with E-state index in [4.69, 9.17) is 27.9 Å². The van der Waals surface area contributed by atoms with E-state index in [0.717, 1.165) is 5.56 Å². The number of anilines is 1. The minimum atomic E-state index is -0.487. The van der Waals surface area contributed by atoms with Gasteiger partial charge < -0.3 is 10.1 Å². The van der Waals surface area contributed by atoms with Crippen LogP contribution in [0.15, 0.2) is 36.4 Å². The van der Waals surface area contributed by atoms with E-state index < -0.39 is 4.92 Å². The number of hydrogen-bond donors (Lipinski definition) is 1. The van der Waals surface area contributed by atoms with Crippen LogP contribution in [0, 0.1) is 10.1 Å². The van der Waals surface area contributed by atoms with Crippen LogP contribution in [0.25, 0.3) is 0 Å². The summed E-state index contributed by atoms with van der Waals surface area (Å²) in [4.78, 5) is 10.2. The van der Waals surface area contributed by atoms with Gasteiger partial charge in [0.15, 0.2) is 0 Å². The maximum atomic E-state index is 10.6. The lowest BCUT2D eigenvalue weighted by molar-refractivity contribution is -0.384. The molecule has 0 unspecified atom stereocenters. The van der Waals surface area contributed by atoms with E-state index in [2.05, 4.69) is 5.32 Å². The molecule has 0 heterocycles. The van der Waals surface area contributed by atoms with Crippen LogP contribution in [0.3, 0.4) is 0 Å². The van der Waals surface area contributed by atoms with Crippen LogP contribution in [-0.2, 0) is 6.54 Å². The highest BCUT2D eigenvalue weighted by Crippen LogP contribution is 2.28. The molecule has 0 aliphatic rings. The predicted molar refractivity (Wildman–Crippen MR) is 83.4 cm³/mol. The van der Waals surface area contributed by atoms with E-state index in [9.17, 15) is 10.1 Å². The summed E-state index contributed by atoms with van der Waals surface area (Å²) in [7, 11) is 1.55. The highest BCUT2D eigenvalue weighted by atomic mass is 35.5. The zero-order valence-electron chi connectivity index (χ0n) is 11.1. The van der Waals surface area contributed by atoms with Crippen molar-refractivity contribution in [1.29, 1.82) is 0 Å². The molecule has 0 saturated carbocycles. The summed E-state index contributed by atoms with van der Waals surface area (Å²) in [5, 5.41) is 14.6. The molecule has 0 radical (unpaired) electrons. The molecule has 0 spiro atoms. The standard InChI is InChI=1S/C14H12Cl2N2O3/c1-21-14-5-2-9(6-12(14)16)8-17-13-4-3-10(18(19)20)7-11(13)15/h2-7,17H,8H2,1H3. The van der Waals surface area contributed by atoms with Gasteiger partial charge in [0.25, 0.3) is 5.69 Å². The number of nitrogens with zero attached hydrogens (tertiary/aromatic N) is 1. The third-order valence-corrected chi connectivity index (χ3v) is 3.47. The lowest BCUT2D eigenvalue weighted by Crippen LogP contribution is -2.00. The molecule has 0 fully saturated rings. The van der Waals surface area contributed by atoms with Crippen LogP contribution < -0.4 is 10.1 Å². The Morgan fingerprint density at radius 3 is 2.52 bits per heavy atom. The number of halogens is 2. The maximum absolute atomic E-state index is 10.6. The van der Waals surface area contributed by atoms with Gasteiger partial charge in [-0.1, -0.05) is 29.3 Å². The topological polar surface area (TPSA) is 64.4 Å². The first-order valence-electron chi connectivity index (χ1n) is 6.01. The van der Waals surface area contributed by atoms with Crippen LogP contribution >= 0.6 is 23.2 Å². The zero-order valence-corrected chi connectivity index (χ0v) is 12.6. The van der Waals surface area contributed by atoms with Crippen LogP contribution in [0.5, 0.6) is 5.75 Å². The first-order valence-corrected chi connectivity index (χ1v) is 6.77. The largest absolute Gasteiger partial charge is 0.495 e. The minimum Gasteiger partial charge on any atom is -0.495 e. The van der Waals surface area contributed by atoms with Crippen LogP contribution in [0.1, 0.15) is 5.56 Å². The molecule has 21 heavy (non-hydrogen) atoms. The van der Waals surface area contributed by atoms with Crippen molar-refractivity contribution < 1.29 is 9.66 Å². The SMILES string of the molecule is COc1ccc(CNc2ccc([N+](=O)[O-])cc2Cl)cc1Cl. The Labute approximate surface area is 131 Å². The van der Waals surface area contributed by atoms with Gasteiger partial charge in [-0.05, 0) is 23.8 Å². The number of nitro benzene ring substituents is 1. The Balaban J connectivity index is 2.09. The summed E-state index contributed by atoms with van der Waals surface area (Å²) < 4.78 is 5.08. The molecule has 110 valence electrons. The first kappa shape index (κ1) is 15.4. The Kier molecular flexibility index (Phi) is 4.88. The van der Waals surface area contributed by atoms with Crippen molar-refractivity contribution in [2.45, 2.75) is 6.54 Å². The van der Waals surface area contributed by atoms with Crippen molar-refractivity contribution in [3.8, 4) is 5.75 Å². The van der Waals surface area contributed by atoms with Crippen LogP contribution in [0.4, 0.5) is 11.4 Å². The summed E-state index contributed by atoms with van der Waals surface area (Å²) in [6.07, 6.45) is 0. The average molecular weight is 327 g/mol. The molecule has 2 aromatic carbocycles. The van der Waals surface area contributed by atoms with Crippen molar-refractivity contribution in [1.82, 2.24) is 0 Å². The molecule has 2 aromatic rings. The molecular weight excluding hydrogens is 315 g/mol. The second-order valence-electron chi connectivity index (χ2n) is 4.24. The van der Waals surface area contributed by atoms with E-state index in [1.807, 2.05) is 6.07 Å². The van der Waals surface area contributed by atoms with Crippen molar-refractivity contribution in [3.63, 3.8) is 0 Å². The van der Waals surface area contributed by atoms with E-state index in [1.54, 1.807) is 25.3 Å². The first-order chi connectivity index (χ1) is 10.0. The van der Waals surface area contributed by atoms with Gasteiger partial charge in [-0.3, -0.25) is 10.1 Å². The molecule has 0 aromatic heterocycles. The number of nitro groups is 1. The smallest absolute Gasteiger partial charge is 0.271 e. The fourth-order valence-electron chi connectivity index (χ4n) is 1.78. The monoisotopic (exact) mass is 326 g/mol. The summed E-state index contributed by atoms with van der Waals surface area (Å²) in [6, 6.07) is 9.71. The van der Waals surface area contributed by atoms with Gasteiger partial charge in [-0.2, -0.15) is 0 Å². The second kappa shape index (κ2) is 6.65. The number of hydrogen-bond acceptors (Lipinski definition) is 4. The fourth-order valence-corrected chi connectivity index (χ4v) is 2.30. The normalized spacial score (nSPS) is 10.2. The van der Waals surface area contributed by atoms with Gasteiger partial charge in [0.05, 0.1) is 27.8 Å². The molecule has 5 nitrogen and oxygen atoms in total. The van der Waals surface area contributed by atoms with Crippen molar-refractivity contribution >= 4 is 34.6 Å². The third-order valence-electron chi connectivity index (χ3n) is 2.86. The van der Waals surface area contributed by atoms with Gasteiger partial charge in [0.2, 0.25) is 0 Å². The number of methoxy groups -OCH3 is 1. The van der Waals surface area contributed by atoms with Gasteiger partial charge in [-0.15, -0.1) is 0 Å². The van der Waals surface area contributed by atoms with E-state index >= 15 is 0 Å². The second-order valence-corrected chi connectivity index (χ2v) is 5.06. The van der Waals surface area contributed by atoms with Crippen molar-refractivity contribution in [3.05, 3.63) is 62.1 Å². The maximum Gasteiger partial charge on any atom is 0.271 e. The minimum absolute atomic E-state index is 0.0435. The number of benzene rings is 2. The van der Waals surface area contributed by atoms with Crippen LogP contribution in [0.2, 0.25) is 10.0 Å². The lowest BCUT2D eigenvalue weighted by atomic mass is 10.2. The number of rotatable bonds is 5. The Morgan fingerprint density at radius 1 is 1.19 bits per heavy atom. The molecule has 0 aliphatic heterocycles. The molecule has 0 saturated heterocycles. The average Bonchev–Trinajstić information content (AvgIpc) is 2.46. The number of nitrogens with one attached hydrogen (secondary N) is 1. The molecule has 0 amide bonds. The van der Waals surface area contributed by atoms with Gasteiger partial charge >= 0.3 is 0 Å².